The molecular weight excluding hydrogens is 398 g/mol. The smallest absolute Gasteiger partial charge is 0.157 e. The molecule has 1 unspecified atom stereocenters. The van der Waals surface area contributed by atoms with E-state index in [1.54, 1.807) is 0 Å². The van der Waals surface area contributed by atoms with E-state index in [1.165, 1.54) is 0 Å². The van der Waals surface area contributed by atoms with Crippen LogP contribution >= 0.6 is 0 Å². The van der Waals surface area contributed by atoms with Gasteiger partial charge in [-0.15, -0.1) is 0 Å². The van der Waals surface area contributed by atoms with Gasteiger partial charge < -0.3 is 19.8 Å². The van der Waals surface area contributed by atoms with Crippen LogP contribution in [0, 0.1) is 11.3 Å². The fraction of sp³-hybridized carbons (Fsp3) is 0.259. The quantitative estimate of drug-likeness (QED) is 0.257. The van der Waals surface area contributed by atoms with Crippen LogP contribution in [0.4, 0.5) is 0 Å². The summed E-state index contributed by atoms with van der Waals surface area (Å²) in [6.07, 6.45) is 2.67. The third kappa shape index (κ3) is 4.30. The van der Waals surface area contributed by atoms with Crippen molar-refractivity contribution in [3.05, 3.63) is 102 Å². The number of nitrogens with one attached hydrogen (secondary N) is 1. The van der Waals surface area contributed by atoms with Gasteiger partial charge in [0.2, 0.25) is 0 Å². The van der Waals surface area contributed by atoms with Crippen LogP contribution in [0.15, 0.2) is 96.2 Å². The van der Waals surface area contributed by atoms with Gasteiger partial charge in [0, 0.05) is 12.3 Å². The lowest BCUT2D eigenvalue weighted by Gasteiger charge is -2.43. The van der Waals surface area contributed by atoms with Crippen molar-refractivity contribution < 1.29 is 14.4 Å². The molecule has 0 aliphatic carbocycles. The molecule has 5 nitrogen and oxygen atoms in total. The van der Waals surface area contributed by atoms with E-state index in [9.17, 15) is 5.11 Å². The molecular formula is C27H29N3O2. The minimum Gasteiger partial charge on any atom is -0.861 e. The Kier molecular flexibility index (Phi) is 6.37. The van der Waals surface area contributed by atoms with Gasteiger partial charge in [-0.2, -0.15) is 0 Å². The molecule has 0 aromatic heterocycles. The van der Waals surface area contributed by atoms with Gasteiger partial charge in [-0.3, -0.25) is 0 Å². The Morgan fingerprint density at radius 3 is 2.06 bits per heavy atom. The maximum Gasteiger partial charge on any atom is 0.157 e. The molecule has 32 heavy (non-hydrogen) atoms. The summed E-state index contributed by atoms with van der Waals surface area (Å²) in [4.78, 5) is 5.46. The molecule has 4 rings (SSSR count). The predicted octanol–water partition coefficient (Wildman–Crippen LogP) is 3.84. The molecule has 1 heterocycles. The maximum absolute atomic E-state index is 13.1. The van der Waals surface area contributed by atoms with Gasteiger partial charge in [-0.1, -0.05) is 84.0 Å². The Labute approximate surface area is 189 Å². The summed E-state index contributed by atoms with van der Waals surface area (Å²) < 4.78 is 0.751. The lowest BCUT2D eigenvalue weighted by Crippen LogP contribution is -2.52. The third-order valence-electron chi connectivity index (χ3n) is 6.61. The summed E-state index contributed by atoms with van der Waals surface area (Å²) in [5.74, 6) is 0.179. The highest BCUT2D eigenvalue weighted by Gasteiger charge is 2.49. The zero-order valence-corrected chi connectivity index (χ0v) is 18.4. The summed E-state index contributed by atoms with van der Waals surface area (Å²) in [5.41, 5.74) is 0.812. The molecule has 3 aromatic carbocycles. The highest BCUT2D eigenvalue weighted by atomic mass is 16.6. The fourth-order valence-electron chi connectivity index (χ4n) is 5.00. The maximum atomic E-state index is 13.1. The summed E-state index contributed by atoms with van der Waals surface area (Å²) >= 11 is 0. The molecule has 0 radical (unpaired) electrons. The first-order chi connectivity index (χ1) is 15.5. The van der Waals surface area contributed by atoms with Crippen LogP contribution in [0.1, 0.15) is 17.5 Å². The average molecular weight is 428 g/mol. The van der Waals surface area contributed by atoms with Crippen molar-refractivity contribution >= 4 is 12.1 Å². The SMILES string of the molecule is C[N+]1(C/C=N\Oc2ccccc2)CC[C@@H](C(C(=N)[O-])(c2ccccc2)c2ccccc2)C1. The topological polar surface area (TPSA) is 68.5 Å². The first-order valence-electron chi connectivity index (χ1n) is 11.0. The summed E-state index contributed by atoms with van der Waals surface area (Å²) in [7, 11) is 2.18. The van der Waals surface area contributed by atoms with E-state index < -0.39 is 11.3 Å². The van der Waals surface area contributed by atoms with E-state index in [1.807, 2.05) is 97.2 Å². The zero-order chi connectivity index (χ0) is 22.4. The van der Waals surface area contributed by atoms with E-state index >= 15 is 0 Å². The molecule has 1 N–H and O–H groups in total. The van der Waals surface area contributed by atoms with Gasteiger partial charge in [0.1, 0.15) is 6.54 Å². The van der Waals surface area contributed by atoms with Gasteiger partial charge in [0.05, 0.1) is 31.8 Å². The van der Waals surface area contributed by atoms with Gasteiger partial charge in [-0.05, 0) is 29.2 Å². The van der Waals surface area contributed by atoms with Crippen LogP contribution in [0.5, 0.6) is 5.75 Å². The molecule has 1 aliphatic rings. The van der Waals surface area contributed by atoms with E-state index in [4.69, 9.17) is 10.2 Å². The summed E-state index contributed by atoms with van der Waals surface area (Å²) in [6, 6.07) is 29.1. The molecule has 0 saturated carbocycles. The molecule has 2 atom stereocenters. The molecule has 5 heteroatoms. The van der Waals surface area contributed by atoms with Crippen LogP contribution < -0.4 is 9.94 Å². The third-order valence-corrected chi connectivity index (χ3v) is 6.61. The highest BCUT2D eigenvalue weighted by Crippen LogP contribution is 2.44. The van der Waals surface area contributed by atoms with Crippen molar-refractivity contribution in [2.45, 2.75) is 11.8 Å². The second kappa shape index (κ2) is 9.37. The molecule has 0 amide bonds. The number of hydrogen-bond acceptors (Lipinski definition) is 4. The zero-order valence-electron chi connectivity index (χ0n) is 18.4. The highest BCUT2D eigenvalue weighted by molar-refractivity contribution is 5.87. The Bertz CT molecular complexity index is 1010. The first kappa shape index (κ1) is 21.8. The van der Waals surface area contributed by atoms with E-state index in [2.05, 4.69) is 12.2 Å². The van der Waals surface area contributed by atoms with Crippen molar-refractivity contribution in [1.29, 1.82) is 5.41 Å². The number of benzene rings is 3. The molecule has 0 bridgehead atoms. The van der Waals surface area contributed by atoms with Crippen LogP contribution in [-0.4, -0.2) is 43.3 Å². The van der Waals surface area contributed by atoms with Crippen LogP contribution in [-0.2, 0) is 5.41 Å². The number of nitrogens with zero attached hydrogens (tertiary/aromatic N) is 2. The van der Waals surface area contributed by atoms with Gasteiger partial charge in [0.25, 0.3) is 0 Å². The number of oxime groups is 1. The summed E-state index contributed by atoms with van der Waals surface area (Å²) in [5, 5.41) is 25.7. The monoisotopic (exact) mass is 427 g/mol. The minimum atomic E-state index is -0.976. The van der Waals surface area contributed by atoms with E-state index in [0.717, 1.165) is 35.1 Å². The van der Waals surface area contributed by atoms with E-state index in [-0.39, 0.29) is 5.92 Å². The van der Waals surface area contributed by atoms with Crippen molar-refractivity contribution in [1.82, 2.24) is 0 Å². The van der Waals surface area contributed by atoms with Gasteiger partial charge in [-0.25, -0.2) is 0 Å². The van der Waals surface area contributed by atoms with Gasteiger partial charge in [0.15, 0.2) is 5.75 Å². The normalized spacial score (nSPS) is 21.0. The molecule has 3 aromatic rings. The van der Waals surface area contributed by atoms with Crippen molar-refractivity contribution in [3.63, 3.8) is 0 Å². The van der Waals surface area contributed by atoms with Crippen LogP contribution in [0.3, 0.4) is 0 Å². The largest absolute Gasteiger partial charge is 0.861 e. The number of hydrogen-bond donors (Lipinski definition) is 1. The molecule has 164 valence electrons. The molecule has 1 aliphatic heterocycles. The van der Waals surface area contributed by atoms with Gasteiger partial charge >= 0.3 is 0 Å². The van der Waals surface area contributed by atoms with Crippen molar-refractivity contribution in [2.75, 3.05) is 26.7 Å². The van der Waals surface area contributed by atoms with Crippen LogP contribution in [0.2, 0.25) is 0 Å². The Hall–Kier alpha value is -3.44. The average Bonchev–Trinajstić information content (AvgIpc) is 3.21. The predicted molar refractivity (Wildman–Crippen MR) is 126 cm³/mol. The minimum absolute atomic E-state index is 0.0192. The van der Waals surface area contributed by atoms with E-state index in [0.29, 0.717) is 12.3 Å². The lowest BCUT2D eigenvalue weighted by molar-refractivity contribution is -0.889. The number of para-hydroxylation sites is 1. The van der Waals surface area contributed by atoms with Crippen LogP contribution in [0.25, 0.3) is 0 Å². The first-order valence-corrected chi connectivity index (χ1v) is 11.0. The number of likely N-dealkylation sites (tertiary alicyclic amines) is 1. The lowest BCUT2D eigenvalue weighted by atomic mass is 9.65. The Balaban J connectivity index is 1.59. The fourth-order valence-corrected chi connectivity index (χ4v) is 5.00. The molecule has 1 saturated heterocycles. The second-order valence-electron chi connectivity index (χ2n) is 8.76. The number of quaternary nitrogens is 1. The standard InChI is InChI=1S/C27H29N3O2/c1-30(20-18-29-32-25-15-9-4-10-16-25)19-17-24(21-30)27(26(28)31,22-11-5-2-6-12-22)23-13-7-3-8-14-23/h2-16,18,24H,17,19-21H2,1H3,(H-,28,31)/b29-18-/t24-,30?/m1/s1. The van der Waals surface area contributed by atoms with Crippen molar-refractivity contribution in [2.24, 2.45) is 11.1 Å². The Morgan fingerprint density at radius 1 is 1.00 bits per heavy atom. The summed E-state index contributed by atoms with van der Waals surface area (Å²) in [6.45, 7) is 2.40. The van der Waals surface area contributed by atoms with Crippen molar-refractivity contribution in [3.8, 4) is 5.75 Å². The molecule has 1 fully saturated rings. The number of rotatable bonds is 8. The Morgan fingerprint density at radius 2 is 1.53 bits per heavy atom. The molecule has 0 spiro atoms. The second-order valence-corrected chi connectivity index (χ2v) is 8.76.